The number of allylic oxidation sites excluding steroid dienone is 1. The maximum absolute atomic E-state index is 12.9. The van der Waals surface area contributed by atoms with Gasteiger partial charge in [0.15, 0.2) is 6.61 Å². The van der Waals surface area contributed by atoms with E-state index in [1.165, 1.54) is 19.4 Å². The van der Waals surface area contributed by atoms with Crippen molar-refractivity contribution in [2.45, 2.75) is 90.8 Å². The van der Waals surface area contributed by atoms with Crippen molar-refractivity contribution >= 4 is 17.7 Å². The SMILES string of the molecule is CC(=O)OCC(=O)[C@]1(O)CC[C@H]2[C@@H]3CC=C4C[C@@H](OC(C)=O)CC[C@]4(C)[C@H]3CC[C@@]21C. The van der Waals surface area contributed by atoms with E-state index < -0.39 is 17.0 Å². The second-order valence-electron chi connectivity index (χ2n) is 10.8. The maximum atomic E-state index is 12.9. The molecule has 0 aromatic carbocycles. The van der Waals surface area contributed by atoms with Gasteiger partial charge in [-0.05, 0) is 68.1 Å². The minimum atomic E-state index is -1.42. The standard InChI is InChI=1S/C25H36O6/c1-15(26)30-14-22(28)25(29)12-9-21-19-6-5-17-13-18(31-16(2)27)7-10-23(17,3)20(19)8-11-24(21,25)4/h5,18-21,29H,6-14H2,1-4H3/t18-,19+,20-,21-,23-,24-,25+/m0/s1. The molecule has 6 heteroatoms. The molecule has 3 saturated carbocycles. The van der Waals surface area contributed by atoms with Crippen LogP contribution < -0.4 is 0 Å². The van der Waals surface area contributed by atoms with Crippen LogP contribution in [-0.2, 0) is 23.9 Å². The van der Waals surface area contributed by atoms with Crippen molar-refractivity contribution in [1.82, 2.24) is 0 Å². The molecule has 31 heavy (non-hydrogen) atoms. The second kappa shape index (κ2) is 7.72. The van der Waals surface area contributed by atoms with Crippen LogP contribution in [0, 0.1) is 28.6 Å². The molecular weight excluding hydrogens is 396 g/mol. The normalized spacial score (nSPS) is 43.7. The highest BCUT2D eigenvalue weighted by molar-refractivity contribution is 5.90. The zero-order chi connectivity index (χ0) is 22.6. The summed E-state index contributed by atoms with van der Waals surface area (Å²) in [6, 6.07) is 0. The summed E-state index contributed by atoms with van der Waals surface area (Å²) in [6.07, 6.45) is 9.08. The molecule has 0 aromatic heterocycles. The lowest BCUT2D eigenvalue weighted by Gasteiger charge is -2.58. The zero-order valence-corrected chi connectivity index (χ0v) is 19.2. The number of aliphatic hydroxyl groups is 1. The number of hydrogen-bond acceptors (Lipinski definition) is 6. The van der Waals surface area contributed by atoms with E-state index in [0.717, 1.165) is 44.9 Å². The molecule has 0 aromatic rings. The summed E-state index contributed by atoms with van der Waals surface area (Å²) in [6.45, 7) is 6.86. The molecule has 4 aliphatic carbocycles. The predicted molar refractivity (Wildman–Crippen MR) is 114 cm³/mol. The number of carbonyl (C=O) groups is 3. The highest BCUT2D eigenvalue weighted by atomic mass is 16.5. The summed E-state index contributed by atoms with van der Waals surface area (Å²) >= 11 is 0. The van der Waals surface area contributed by atoms with Gasteiger partial charge in [0, 0.05) is 25.7 Å². The molecule has 0 saturated heterocycles. The molecule has 0 aliphatic heterocycles. The Morgan fingerprint density at radius 1 is 1.03 bits per heavy atom. The van der Waals surface area contributed by atoms with E-state index in [-0.39, 0.29) is 35.8 Å². The monoisotopic (exact) mass is 432 g/mol. The second-order valence-corrected chi connectivity index (χ2v) is 10.8. The van der Waals surface area contributed by atoms with Crippen molar-refractivity contribution in [3.05, 3.63) is 11.6 Å². The van der Waals surface area contributed by atoms with Gasteiger partial charge in [0.25, 0.3) is 0 Å². The largest absolute Gasteiger partial charge is 0.462 e. The average molecular weight is 433 g/mol. The van der Waals surface area contributed by atoms with Crippen LogP contribution in [0.15, 0.2) is 11.6 Å². The molecule has 3 fully saturated rings. The van der Waals surface area contributed by atoms with Gasteiger partial charge in [-0.1, -0.05) is 25.5 Å². The quantitative estimate of drug-likeness (QED) is 0.538. The fourth-order valence-corrected chi connectivity index (χ4v) is 7.72. The maximum Gasteiger partial charge on any atom is 0.303 e. The molecule has 172 valence electrons. The van der Waals surface area contributed by atoms with Crippen LogP contribution in [0.25, 0.3) is 0 Å². The first kappa shape index (κ1) is 22.5. The highest BCUT2D eigenvalue weighted by Gasteiger charge is 2.66. The summed E-state index contributed by atoms with van der Waals surface area (Å²) in [5, 5.41) is 11.5. The minimum absolute atomic E-state index is 0.0160. The van der Waals surface area contributed by atoms with E-state index in [1.54, 1.807) is 0 Å². The summed E-state index contributed by atoms with van der Waals surface area (Å²) in [7, 11) is 0. The average Bonchev–Trinajstić information content (AvgIpc) is 2.98. The van der Waals surface area contributed by atoms with Crippen LogP contribution >= 0.6 is 0 Å². The van der Waals surface area contributed by atoms with Crippen LogP contribution in [0.4, 0.5) is 0 Å². The van der Waals surface area contributed by atoms with Crippen molar-refractivity contribution in [2.75, 3.05) is 6.61 Å². The smallest absolute Gasteiger partial charge is 0.303 e. The van der Waals surface area contributed by atoms with Gasteiger partial charge in [0.1, 0.15) is 11.7 Å². The lowest BCUT2D eigenvalue weighted by Crippen LogP contribution is -2.58. The molecule has 4 aliphatic rings. The molecule has 0 amide bonds. The van der Waals surface area contributed by atoms with Crippen molar-refractivity contribution in [1.29, 1.82) is 0 Å². The van der Waals surface area contributed by atoms with E-state index in [9.17, 15) is 19.5 Å². The highest BCUT2D eigenvalue weighted by Crippen LogP contribution is 2.67. The molecule has 4 rings (SSSR count). The Morgan fingerprint density at radius 2 is 1.74 bits per heavy atom. The van der Waals surface area contributed by atoms with E-state index in [1.807, 2.05) is 0 Å². The number of hydrogen-bond donors (Lipinski definition) is 1. The van der Waals surface area contributed by atoms with Gasteiger partial charge in [-0.2, -0.15) is 0 Å². The Labute approximate surface area is 184 Å². The first-order valence-electron chi connectivity index (χ1n) is 11.8. The van der Waals surface area contributed by atoms with Gasteiger partial charge in [-0.15, -0.1) is 0 Å². The Hall–Kier alpha value is -1.69. The van der Waals surface area contributed by atoms with E-state index >= 15 is 0 Å². The van der Waals surface area contributed by atoms with Crippen LogP contribution in [0.2, 0.25) is 0 Å². The molecule has 0 bridgehead atoms. The van der Waals surface area contributed by atoms with Gasteiger partial charge in [0.2, 0.25) is 5.78 Å². The van der Waals surface area contributed by atoms with Crippen molar-refractivity contribution in [3.8, 4) is 0 Å². The molecule has 0 spiro atoms. The first-order chi connectivity index (χ1) is 14.5. The Balaban J connectivity index is 1.56. The van der Waals surface area contributed by atoms with Crippen molar-refractivity contribution < 1.29 is 29.0 Å². The van der Waals surface area contributed by atoms with E-state index in [0.29, 0.717) is 18.3 Å². The van der Waals surface area contributed by atoms with Crippen molar-refractivity contribution in [2.24, 2.45) is 28.6 Å². The summed E-state index contributed by atoms with van der Waals surface area (Å²) in [5.74, 6) is 0.176. The van der Waals surface area contributed by atoms with Gasteiger partial charge in [0.05, 0.1) is 0 Å². The summed E-state index contributed by atoms with van der Waals surface area (Å²) < 4.78 is 10.5. The van der Waals surface area contributed by atoms with Gasteiger partial charge in [-0.25, -0.2) is 0 Å². The number of ether oxygens (including phenoxy) is 2. The number of ketones is 1. The number of fused-ring (bicyclic) bond motifs is 5. The first-order valence-corrected chi connectivity index (χ1v) is 11.8. The van der Waals surface area contributed by atoms with Gasteiger partial charge >= 0.3 is 11.9 Å². The molecule has 0 heterocycles. The fourth-order valence-electron chi connectivity index (χ4n) is 7.72. The number of rotatable bonds is 4. The lowest BCUT2D eigenvalue weighted by molar-refractivity contribution is -0.169. The topological polar surface area (TPSA) is 89.9 Å². The zero-order valence-electron chi connectivity index (χ0n) is 19.2. The van der Waals surface area contributed by atoms with Gasteiger partial charge < -0.3 is 14.6 Å². The number of carbonyl (C=O) groups excluding carboxylic acids is 3. The number of Topliss-reactive ketones (excluding diaryl/α,β-unsaturated/α-hetero) is 1. The summed E-state index contributed by atoms with van der Waals surface area (Å²) in [5.41, 5.74) is -0.379. The van der Waals surface area contributed by atoms with Crippen LogP contribution in [0.1, 0.15) is 79.1 Å². The molecule has 6 nitrogen and oxygen atoms in total. The van der Waals surface area contributed by atoms with E-state index in [2.05, 4.69) is 19.9 Å². The molecular formula is C25H36O6. The molecule has 0 unspecified atom stereocenters. The lowest BCUT2D eigenvalue weighted by atomic mass is 9.46. The van der Waals surface area contributed by atoms with Crippen LogP contribution in [0.5, 0.6) is 0 Å². The molecule has 1 N–H and O–H groups in total. The minimum Gasteiger partial charge on any atom is -0.462 e. The third kappa shape index (κ3) is 3.46. The third-order valence-electron chi connectivity index (χ3n) is 9.41. The molecule has 0 radical (unpaired) electrons. The van der Waals surface area contributed by atoms with E-state index in [4.69, 9.17) is 9.47 Å². The predicted octanol–water partition coefficient (Wildman–Crippen LogP) is 3.74. The summed E-state index contributed by atoms with van der Waals surface area (Å²) in [4.78, 5) is 35.5. The third-order valence-corrected chi connectivity index (χ3v) is 9.41. The van der Waals surface area contributed by atoms with Crippen LogP contribution in [-0.4, -0.2) is 41.1 Å². The fraction of sp³-hybridized carbons (Fsp3) is 0.800. The molecule has 7 atom stereocenters. The van der Waals surface area contributed by atoms with Crippen molar-refractivity contribution in [3.63, 3.8) is 0 Å². The Kier molecular flexibility index (Phi) is 5.60. The van der Waals surface area contributed by atoms with Gasteiger partial charge in [-0.3, -0.25) is 14.4 Å². The number of esters is 2. The Morgan fingerprint density at radius 3 is 2.42 bits per heavy atom. The van der Waals surface area contributed by atoms with Crippen LogP contribution in [0.3, 0.4) is 0 Å². The Bertz CT molecular complexity index is 817.